The van der Waals surface area contributed by atoms with Crippen molar-refractivity contribution in [2.45, 2.75) is 44.8 Å². The predicted octanol–water partition coefficient (Wildman–Crippen LogP) is 4.56. The Hall–Kier alpha value is -2.36. The summed E-state index contributed by atoms with van der Waals surface area (Å²) in [5.41, 5.74) is 2.21. The van der Waals surface area contributed by atoms with E-state index in [0.717, 1.165) is 65.9 Å². The molecule has 0 atom stereocenters. The first-order chi connectivity index (χ1) is 15.7. The summed E-state index contributed by atoms with van der Waals surface area (Å²) in [5.74, 6) is 3.80. The van der Waals surface area contributed by atoms with Crippen molar-refractivity contribution in [3.05, 3.63) is 47.5 Å². The summed E-state index contributed by atoms with van der Waals surface area (Å²) in [6.07, 6.45) is 5.75. The van der Waals surface area contributed by atoms with Gasteiger partial charge >= 0.3 is 0 Å². The monoisotopic (exact) mass is 569 g/mol. The highest BCUT2D eigenvalue weighted by Crippen LogP contribution is 2.34. The molecule has 3 rings (SSSR count). The van der Waals surface area contributed by atoms with E-state index in [9.17, 15) is 0 Å². The minimum absolute atomic E-state index is 0. The summed E-state index contributed by atoms with van der Waals surface area (Å²) in [4.78, 5) is 4.35. The normalized spacial score (nSPS) is 13.8. The van der Waals surface area contributed by atoms with E-state index in [1.54, 1.807) is 28.4 Å². The number of para-hydroxylation sites is 1. The molecule has 0 aliphatic heterocycles. The molecule has 0 amide bonds. The fraction of sp³-hybridized carbons (Fsp3) is 0.480. The van der Waals surface area contributed by atoms with E-state index < -0.39 is 0 Å². The summed E-state index contributed by atoms with van der Waals surface area (Å²) >= 11 is 0. The Morgan fingerprint density at radius 3 is 2.33 bits per heavy atom. The number of nitrogens with one attached hydrogen (secondary N) is 2. The fourth-order valence-electron chi connectivity index (χ4n) is 3.93. The third-order valence-corrected chi connectivity index (χ3v) is 5.69. The van der Waals surface area contributed by atoms with E-state index in [2.05, 4.69) is 21.7 Å². The summed E-state index contributed by atoms with van der Waals surface area (Å²) in [6.45, 7) is 1.33. The van der Waals surface area contributed by atoms with Crippen molar-refractivity contribution in [3.8, 4) is 23.0 Å². The third-order valence-electron chi connectivity index (χ3n) is 5.69. The lowest BCUT2D eigenvalue weighted by Gasteiger charge is -2.20. The molecule has 2 N–H and O–H groups in total. The van der Waals surface area contributed by atoms with Crippen LogP contribution in [-0.4, -0.2) is 47.0 Å². The second kappa shape index (κ2) is 14.0. The third kappa shape index (κ3) is 7.58. The highest BCUT2D eigenvalue weighted by atomic mass is 127. The molecule has 1 fully saturated rings. The average Bonchev–Trinajstić information content (AvgIpc) is 3.35. The van der Waals surface area contributed by atoms with Gasteiger partial charge < -0.3 is 29.6 Å². The quantitative estimate of drug-likeness (QED) is 0.249. The van der Waals surface area contributed by atoms with Crippen molar-refractivity contribution in [1.29, 1.82) is 0 Å². The van der Waals surface area contributed by atoms with Gasteiger partial charge in [-0.1, -0.05) is 18.2 Å². The molecular weight excluding hydrogens is 533 g/mol. The summed E-state index contributed by atoms with van der Waals surface area (Å²) in [6, 6.07) is 12.0. The molecular formula is C25H36IN3O4. The fourth-order valence-corrected chi connectivity index (χ4v) is 3.93. The number of halogens is 1. The van der Waals surface area contributed by atoms with Crippen LogP contribution in [0.1, 0.15) is 36.8 Å². The molecule has 2 aromatic rings. The van der Waals surface area contributed by atoms with Gasteiger partial charge in [0.15, 0.2) is 29.0 Å². The molecule has 33 heavy (non-hydrogen) atoms. The van der Waals surface area contributed by atoms with Crippen molar-refractivity contribution < 1.29 is 18.9 Å². The lowest BCUT2D eigenvalue weighted by Crippen LogP contribution is -2.38. The van der Waals surface area contributed by atoms with Crippen LogP contribution in [-0.2, 0) is 13.0 Å². The number of hydrogen-bond acceptors (Lipinski definition) is 5. The SMILES string of the molecule is CN=C(NCCc1ccc(OC)c(OC)c1)NCc1cccc(OC)c1OC1CCCC1.I. The molecule has 0 radical (unpaired) electrons. The van der Waals surface area contributed by atoms with E-state index in [4.69, 9.17) is 18.9 Å². The van der Waals surface area contributed by atoms with E-state index in [-0.39, 0.29) is 30.1 Å². The predicted molar refractivity (Wildman–Crippen MR) is 143 cm³/mol. The summed E-state index contributed by atoms with van der Waals surface area (Å²) in [7, 11) is 6.74. The van der Waals surface area contributed by atoms with Crippen molar-refractivity contribution in [2.24, 2.45) is 4.99 Å². The van der Waals surface area contributed by atoms with Crippen LogP contribution in [0.2, 0.25) is 0 Å². The number of ether oxygens (including phenoxy) is 4. The zero-order valence-electron chi connectivity index (χ0n) is 20.0. The molecule has 0 unspecified atom stereocenters. The molecule has 0 saturated heterocycles. The topological polar surface area (TPSA) is 73.3 Å². The first-order valence-corrected chi connectivity index (χ1v) is 11.2. The maximum absolute atomic E-state index is 6.33. The van der Waals surface area contributed by atoms with Gasteiger partial charge in [0.25, 0.3) is 0 Å². The number of aliphatic imine (C=N–C) groups is 1. The molecule has 7 nitrogen and oxygen atoms in total. The van der Waals surface area contributed by atoms with E-state index >= 15 is 0 Å². The first-order valence-electron chi connectivity index (χ1n) is 11.2. The maximum Gasteiger partial charge on any atom is 0.191 e. The molecule has 8 heteroatoms. The molecule has 182 valence electrons. The van der Waals surface area contributed by atoms with Crippen molar-refractivity contribution in [1.82, 2.24) is 10.6 Å². The Morgan fingerprint density at radius 2 is 1.67 bits per heavy atom. The Morgan fingerprint density at radius 1 is 0.939 bits per heavy atom. The van der Waals surface area contributed by atoms with Crippen LogP contribution in [0, 0.1) is 0 Å². The molecule has 1 saturated carbocycles. The van der Waals surface area contributed by atoms with Crippen LogP contribution in [0.25, 0.3) is 0 Å². The van der Waals surface area contributed by atoms with Crippen LogP contribution >= 0.6 is 24.0 Å². The molecule has 0 bridgehead atoms. The van der Waals surface area contributed by atoms with Crippen molar-refractivity contribution in [2.75, 3.05) is 34.9 Å². The lowest BCUT2D eigenvalue weighted by atomic mass is 10.1. The van der Waals surface area contributed by atoms with Crippen molar-refractivity contribution in [3.63, 3.8) is 0 Å². The second-order valence-corrected chi connectivity index (χ2v) is 7.76. The summed E-state index contributed by atoms with van der Waals surface area (Å²) in [5, 5.41) is 6.76. The minimum atomic E-state index is 0. The lowest BCUT2D eigenvalue weighted by molar-refractivity contribution is 0.198. The van der Waals surface area contributed by atoms with Gasteiger partial charge in [-0.3, -0.25) is 4.99 Å². The van der Waals surface area contributed by atoms with Gasteiger partial charge in [-0.15, -0.1) is 24.0 Å². The number of methoxy groups -OCH3 is 3. The standard InChI is InChI=1S/C25H35N3O4.HI/c1-26-25(27-15-14-18-12-13-21(29-2)23(16-18)31-4)28-17-19-8-7-11-22(30-3)24(19)32-20-9-5-6-10-20;/h7-8,11-13,16,20H,5-6,9-10,14-15,17H2,1-4H3,(H2,26,27,28);1H. The number of nitrogens with zero attached hydrogens (tertiary/aromatic N) is 1. The first kappa shape index (κ1) is 26.9. The average molecular weight is 569 g/mol. The number of rotatable bonds is 10. The molecule has 2 aromatic carbocycles. The largest absolute Gasteiger partial charge is 0.493 e. The van der Waals surface area contributed by atoms with Crippen LogP contribution in [0.3, 0.4) is 0 Å². The Balaban J connectivity index is 0.00000385. The van der Waals surface area contributed by atoms with Gasteiger partial charge in [0.2, 0.25) is 0 Å². The Bertz CT molecular complexity index is 901. The van der Waals surface area contributed by atoms with E-state index in [1.165, 1.54) is 12.8 Å². The van der Waals surface area contributed by atoms with Gasteiger partial charge in [0, 0.05) is 25.7 Å². The number of benzene rings is 2. The molecule has 0 heterocycles. The molecule has 0 spiro atoms. The van der Waals surface area contributed by atoms with Gasteiger partial charge in [-0.25, -0.2) is 0 Å². The number of guanidine groups is 1. The van der Waals surface area contributed by atoms with E-state index in [1.807, 2.05) is 30.3 Å². The maximum atomic E-state index is 6.33. The molecule has 1 aliphatic carbocycles. The summed E-state index contributed by atoms with van der Waals surface area (Å²) < 4.78 is 22.6. The zero-order chi connectivity index (χ0) is 22.8. The van der Waals surface area contributed by atoms with Crippen LogP contribution < -0.4 is 29.6 Å². The van der Waals surface area contributed by atoms with Gasteiger partial charge in [0.05, 0.1) is 27.4 Å². The highest BCUT2D eigenvalue weighted by Gasteiger charge is 2.20. The molecule has 0 aromatic heterocycles. The number of hydrogen-bond donors (Lipinski definition) is 2. The second-order valence-electron chi connectivity index (χ2n) is 7.76. The van der Waals surface area contributed by atoms with Crippen LogP contribution in [0.5, 0.6) is 23.0 Å². The molecule has 1 aliphatic rings. The van der Waals surface area contributed by atoms with Crippen molar-refractivity contribution >= 4 is 29.9 Å². The van der Waals surface area contributed by atoms with Crippen LogP contribution in [0.15, 0.2) is 41.4 Å². The highest BCUT2D eigenvalue weighted by molar-refractivity contribution is 14.0. The van der Waals surface area contributed by atoms with Gasteiger partial charge in [0.1, 0.15) is 0 Å². The van der Waals surface area contributed by atoms with Crippen LogP contribution in [0.4, 0.5) is 0 Å². The van der Waals surface area contributed by atoms with Gasteiger partial charge in [-0.05, 0) is 55.9 Å². The smallest absolute Gasteiger partial charge is 0.191 e. The van der Waals surface area contributed by atoms with Gasteiger partial charge in [-0.2, -0.15) is 0 Å². The Labute approximate surface area is 214 Å². The minimum Gasteiger partial charge on any atom is -0.493 e. The Kier molecular flexibility index (Phi) is 11.4. The van der Waals surface area contributed by atoms with E-state index in [0.29, 0.717) is 6.54 Å². The zero-order valence-corrected chi connectivity index (χ0v) is 22.3.